The maximum atomic E-state index is 11.5. The zero-order valence-electron chi connectivity index (χ0n) is 8.88. The number of benzene rings is 1. The molecular weight excluding hydrogens is 212 g/mol. The fourth-order valence-corrected chi connectivity index (χ4v) is 1.27. The Kier molecular flexibility index (Phi) is 4.12. The number of amides is 1. The van der Waals surface area contributed by atoms with Gasteiger partial charge >= 0.3 is 0 Å². The Morgan fingerprint density at radius 1 is 1.60 bits per heavy atom. The largest absolute Gasteiger partial charge is 0.325 e. The van der Waals surface area contributed by atoms with Crippen molar-refractivity contribution in [1.82, 2.24) is 0 Å². The minimum atomic E-state index is -0.468. The lowest BCUT2D eigenvalue weighted by atomic mass is 10.2. The molecule has 1 aromatic rings. The van der Waals surface area contributed by atoms with Crippen molar-refractivity contribution >= 4 is 23.2 Å². The van der Waals surface area contributed by atoms with Crippen molar-refractivity contribution in [2.24, 2.45) is 5.73 Å². The zero-order valence-corrected chi connectivity index (χ0v) is 9.64. The zero-order chi connectivity index (χ0) is 11.4. The predicted octanol–water partition coefficient (Wildman–Crippen LogP) is 2.32. The summed E-state index contributed by atoms with van der Waals surface area (Å²) in [5.74, 6) is -0.183. The number of hydrogen-bond acceptors (Lipinski definition) is 2. The molecule has 0 aliphatic heterocycles. The van der Waals surface area contributed by atoms with Crippen LogP contribution in [0.25, 0.3) is 0 Å². The van der Waals surface area contributed by atoms with Crippen LogP contribution in [0.2, 0.25) is 5.02 Å². The van der Waals surface area contributed by atoms with Crippen molar-refractivity contribution in [2.45, 2.75) is 26.3 Å². The molecule has 15 heavy (non-hydrogen) atoms. The first-order chi connectivity index (χ1) is 7.04. The number of carbonyl (C=O) groups is 1. The summed E-state index contributed by atoms with van der Waals surface area (Å²) in [6, 6.07) is 4.92. The number of anilines is 1. The van der Waals surface area contributed by atoms with Crippen LogP contribution < -0.4 is 11.1 Å². The second-order valence-electron chi connectivity index (χ2n) is 3.47. The van der Waals surface area contributed by atoms with Crippen molar-refractivity contribution in [2.75, 3.05) is 5.32 Å². The second kappa shape index (κ2) is 5.14. The normalized spacial score (nSPS) is 12.3. The van der Waals surface area contributed by atoms with E-state index in [2.05, 4.69) is 5.32 Å². The van der Waals surface area contributed by atoms with E-state index < -0.39 is 6.04 Å². The number of hydrogen-bond donors (Lipinski definition) is 2. The van der Waals surface area contributed by atoms with Gasteiger partial charge < -0.3 is 11.1 Å². The molecule has 1 atom stereocenters. The van der Waals surface area contributed by atoms with Gasteiger partial charge in [-0.1, -0.05) is 24.6 Å². The minimum Gasteiger partial charge on any atom is -0.325 e. The summed E-state index contributed by atoms with van der Waals surface area (Å²) >= 11 is 5.93. The number of aryl methyl sites for hydroxylation is 1. The highest BCUT2D eigenvalue weighted by Crippen LogP contribution is 2.19. The van der Waals surface area contributed by atoms with Gasteiger partial charge in [0.05, 0.1) is 6.04 Å². The lowest BCUT2D eigenvalue weighted by Gasteiger charge is -2.10. The van der Waals surface area contributed by atoms with E-state index in [1.54, 1.807) is 6.07 Å². The molecule has 0 saturated heterocycles. The summed E-state index contributed by atoms with van der Waals surface area (Å²) < 4.78 is 0. The first-order valence-electron chi connectivity index (χ1n) is 4.87. The van der Waals surface area contributed by atoms with Crippen LogP contribution >= 0.6 is 11.6 Å². The van der Waals surface area contributed by atoms with Gasteiger partial charge in [0.25, 0.3) is 0 Å². The Labute approximate surface area is 94.6 Å². The van der Waals surface area contributed by atoms with E-state index in [9.17, 15) is 4.79 Å². The van der Waals surface area contributed by atoms with Crippen LogP contribution in [0, 0.1) is 6.92 Å². The molecule has 0 aliphatic rings. The van der Waals surface area contributed by atoms with Crippen molar-refractivity contribution in [1.29, 1.82) is 0 Å². The molecule has 0 aromatic heterocycles. The van der Waals surface area contributed by atoms with Crippen LogP contribution in [0.4, 0.5) is 5.69 Å². The standard InChI is InChI=1S/C11H15ClN2O/c1-3-10(13)11(15)14-8-5-4-7(2)9(12)6-8/h4-6,10H,3,13H2,1-2H3,(H,14,15)/t10-/m1/s1. The summed E-state index contributed by atoms with van der Waals surface area (Å²) in [6.07, 6.45) is 0.616. The van der Waals surface area contributed by atoms with Crippen LogP contribution in [-0.2, 0) is 4.79 Å². The van der Waals surface area contributed by atoms with Gasteiger partial charge in [-0.3, -0.25) is 4.79 Å². The van der Waals surface area contributed by atoms with Gasteiger partial charge in [-0.15, -0.1) is 0 Å². The Bertz CT molecular complexity index is 366. The summed E-state index contributed by atoms with van der Waals surface area (Å²) in [6.45, 7) is 3.78. The first-order valence-corrected chi connectivity index (χ1v) is 5.25. The maximum Gasteiger partial charge on any atom is 0.241 e. The lowest BCUT2D eigenvalue weighted by molar-refractivity contribution is -0.117. The van der Waals surface area contributed by atoms with Gasteiger partial charge in [-0.2, -0.15) is 0 Å². The van der Waals surface area contributed by atoms with E-state index in [0.29, 0.717) is 17.1 Å². The molecule has 1 rings (SSSR count). The number of halogens is 1. The molecule has 0 bridgehead atoms. The van der Waals surface area contributed by atoms with Crippen molar-refractivity contribution in [3.05, 3.63) is 28.8 Å². The molecule has 0 fully saturated rings. The van der Waals surface area contributed by atoms with Crippen LogP contribution in [-0.4, -0.2) is 11.9 Å². The smallest absolute Gasteiger partial charge is 0.241 e. The van der Waals surface area contributed by atoms with E-state index >= 15 is 0 Å². The minimum absolute atomic E-state index is 0.183. The van der Waals surface area contributed by atoms with Gasteiger partial charge in [0, 0.05) is 10.7 Å². The third kappa shape index (κ3) is 3.22. The van der Waals surface area contributed by atoms with Gasteiger partial charge in [-0.25, -0.2) is 0 Å². The molecule has 0 spiro atoms. The van der Waals surface area contributed by atoms with Crippen LogP contribution in [0.3, 0.4) is 0 Å². The third-order valence-corrected chi connectivity index (χ3v) is 2.62. The molecular formula is C11H15ClN2O. The first kappa shape index (κ1) is 12.0. The molecule has 0 radical (unpaired) electrons. The molecule has 0 aliphatic carbocycles. The number of nitrogens with two attached hydrogens (primary N) is 1. The molecule has 0 unspecified atom stereocenters. The Balaban J connectivity index is 2.73. The Hall–Kier alpha value is -1.06. The summed E-state index contributed by atoms with van der Waals surface area (Å²) in [5.41, 5.74) is 7.25. The number of nitrogens with one attached hydrogen (secondary N) is 1. The molecule has 0 saturated carbocycles. The summed E-state index contributed by atoms with van der Waals surface area (Å²) in [5, 5.41) is 3.35. The lowest BCUT2D eigenvalue weighted by Crippen LogP contribution is -2.34. The molecule has 1 aromatic carbocycles. The van der Waals surface area contributed by atoms with Gasteiger partial charge in [-0.05, 0) is 31.0 Å². The second-order valence-corrected chi connectivity index (χ2v) is 3.88. The van der Waals surface area contributed by atoms with E-state index in [0.717, 1.165) is 5.56 Å². The highest BCUT2D eigenvalue weighted by molar-refractivity contribution is 6.31. The molecule has 1 amide bonds. The van der Waals surface area contributed by atoms with Crippen molar-refractivity contribution in [3.63, 3.8) is 0 Å². The predicted molar refractivity (Wildman–Crippen MR) is 63.1 cm³/mol. The van der Waals surface area contributed by atoms with E-state index in [1.165, 1.54) is 0 Å². The molecule has 4 heteroatoms. The maximum absolute atomic E-state index is 11.5. The fraction of sp³-hybridized carbons (Fsp3) is 0.364. The monoisotopic (exact) mass is 226 g/mol. The van der Waals surface area contributed by atoms with Gasteiger partial charge in [0.2, 0.25) is 5.91 Å². The molecule has 3 nitrogen and oxygen atoms in total. The van der Waals surface area contributed by atoms with Gasteiger partial charge in [0.15, 0.2) is 0 Å². The van der Waals surface area contributed by atoms with Gasteiger partial charge in [0.1, 0.15) is 0 Å². The van der Waals surface area contributed by atoms with Crippen LogP contribution in [0.1, 0.15) is 18.9 Å². The fourth-order valence-electron chi connectivity index (χ4n) is 1.09. The number of rotatable bonds is 3. The molecule has 3 N–H and O–H groups in total. The van der Waals surface area contributed by atoms with Crippen LogP contribution in [0.5, 0.6) is 0 Å². The van der Waals surface area contributed by atoms with E-state index in [-0.39, 0.29) is 5.91 Å². The number of carbonyl (C=O) groups excluding carboxylic acids is 1. The molecule has 82 valence electrons. The average molecular weight is 227 g/mol. The van der Waals surface area contributed by atoms with Crippen molar-refractivity contribution in [3.8, 4) is 0 Å². The highest BCUT2D eigenvalue weighted by atomic mass is 35.5. The highest BCUT2D eigenvalue weighted by Gasteiger charge is 2.10. The SMILES string of the molecule is CC[C@@H](N)C(=O)Nc1ccc(C)c(Cl)c1. The topological polar surface area (TPSA) is 55.1 Å². The average Bonchev–Trinajstić information content (AvgIpc) is 2.22. The van der Waals surface area contributed by atoms with Crippen molar-refractivity contribution < 1.29 is 4.79 Å². The Morgan fingerprint density at radius 3 is 2.80 bits per heavy atom. The molecule has 0 heterocycles. The summed E-state index contributed by atoms with van der Waals surface area (Å²) in [4.78, 5) is 11.5. The summed E-state index contributed by atoms with van der Waals surface area (Å²) in [7, 11) is 0. The Morgan fingerprint density at radius 2 is 2.27 bits per heavy atom. The van der Waals surface area contributed by atoms with E-state index in [1.807, 2.05) is 26.0 Å². The third-order valence-electron chi connectivity index (χ3n) is 2.22. The van der Waals surface area contributed by atoms with E-state index in [4.69, 9.17) is 17.3 Å². The van der Waals surface area contributed by atoms with Crippen LogP contribution in [0.15, 0.2) is 18.2 Å². The quantitative estimate of drug-likeness (QED) is 0.831.